The second-order valence-electron chi connectivity index (χ2n) is 6.68. The molecule has 0 unspecified atom stereocenters. The van der Waals surface area contributed by atoms with Gasteiger partial charge in [0.2, 0.25) is 11.9 Å². The maximum absolute atomic E-state index is 12.6. The maximum atomic E-state index is 12.6. The lowest BCUT2D eigenvalue weighted by Crippen LogP contribution is -2.49. The second-order valence-corrected chi connectivity index (χ2v) is 7.62. The highest BCUT2D eigenvalue weighted by atomic mass is 32.1. The number of pyridine rings is 1. The molecule has 0 radical (unpaired) electrons. The fourth-order valence-corrected chi connectivity index (χ4v) is 4.02. The molecule has 1 aliphatic heterocycles. The van der Waals surface area contributed by atoms with E-state index in [4.69, 9.17) is 0 Å². The number of aromatic nitrogens is 4. The van der Waals surface area contributed by atoms with Crippen LogP contribution >= 0.6 is 11.3 Å². The summed E-state index contributed by atoms with van der Waals surface area (Å²) < 4.78 is 0. The van der Waals surface area contributed by atoms with Gasteiger partial charge in [-0.1, -0.05) is 0 Å². The summed E-state index contributed by atoms with van der Waals surface area (Å²) in [6.45, 7) is 2.89. The van der Waals surface area contributed by atoms with Crippen molar-refractivity contribution in [2.24, 2.45) is 0 Å². The first-order valence-electron chi connectivity index (χ1n) is 9.40. The zero-order valence-electron chi connectivity index (χ0n) is 15.6. The number of anilines is 1. The molecule has 0 N–H and O–H groups in total. The molecule has 0 atom stereocenters. The van der Waals surface area contributed by atoms with Gasteiger partial charge >= 0.3 is 0 Å². The summed E-state index contributed by atoms with van der Waals surface area (Å²) in [6, 6.07) is 5.86. The first-order valence-corrected chi connectivity index (χ1v) is 10.3. The van der Waals surface area contributed by atoms with Crippen LogP contribution in [0.3, 0.4) is 0 Å². The minimum absolute atomic E-state index is 0.139. The van der Waals surface area contributed by atoms with Crippen LogP contribution in [0.5, 0.6) is 0 Å². The smallest absolute Gasteiger partial charge is 0.228 e. The average molecular weight is 395 g/mol. The maximum Gasteiger partial charge on any atom is 0.228 e. The van der Waals surface area contributed by atoms with Crippen LogP contribution in [0.1, 0.15) is 16.3 Å². The topological polar surface area (TPSA) is 75.1 Å². The normalized spacial score (nSPS) is 14.3. The Morgan fingerprint density at radius 2 is 1.75 bits per heavy atom. The number of hydrogen-bond donors (Lipinski definition) is 0. The number of nitrogens with zero attached hydrogens (tertiary/aromatic N) is 6. The van der Waals surface area contributed by atoms with E-state index in [1.807, 2.05) is 40.9 Å². The fourth-order valence-electron chi connectivity index (χ4n) is 3.22. The van der Waals surface area contributed by atoms with Crippen molar-refractivity contribution in [2.75, 3.05) is 31.1 Å². The van der Waals surface area contributed by atoms with Crippen LogP contribution in [0.4, 0.5) is 5.95 Å². The third-order valence-electron chi connectivity index (χ3n) is 4.78. The molecule has 4 rings (SSSR count). The van der Waals surface area contributed by atoms with Crippen LogP contribution in [0.15, 0.2) is 48.4 Å². The Morgan fingerprint density at radius 3 is 2.50 bits per heavy atom. The van der Waals surface area contributed by atoms with Crippen LogP contribution in [0.25, 0.3) is 0 Å². The fraction of sp³-hybridized carbons (Fsp3) is 0.350. The molecule has 0 spiro atoms. The quantitative estimate of drug-likeness (QED) is 0.637. The number of aryl methyl sites for hydroxylation is 2. The predicted octanol–water partition coefficient (Wildman–Crippen LogP) is 2.00. The number of piperazine rings is 1. The molecule has 0 bridgehead atoms. The first kappa shape index (κ1) is 18.5. The van der Waals surface area contributed by atoms with Crippen molar-refractivity contribution in [1.82, 2.24) is 24.8 Å². The molecule has 144 valence electrons. The minimum atomic E-state index is 0.139. The van der Waals surface area contributed by atoms with Crippen molar-refractivity contribution in [3.8, 4) is 0 Å². The van der Waals surface area contributed by atoms with Gasteiger partial charge in [0, 0.05) is 62.8 Å². The van der Waals surface area contributed by atoms with Crippen molar-refractivity contribution in [1.29, 1.82) is 0 Å². The van der Waals surface area contributed by atoms with Crippen molar-refractivity contribution < 1.29 is 4.79 Å². The van der Waals surface area contributed by atoms with E-state index in [0.717, 1.165) is 42.6 Å². The molecule has 3 aromatic heterocycles. The molecule has 3 aromatic rings. The van der Waals surface area contributed by atoms with Crippen LogP contribution < -0.4 is 4.90 Å². The van der Waals surface area contributed by atoms with Gasteiger partial charge in [-0.25, -0.2) is 15.0 Å². The highest BCUT2D eigenvalue weighted by Crippen LogP contribution is 2.15. The summed E-state index contributed by atoms with van der Waals surface area (Å²) in [4.78, 5) is 33.9. The van der Waals surface area contributed by atoms with Gasteiger partial charge in [0.1, 0.15) is 0 Å². The van der Waals surface area contributed by atoms with E-state index >= 15 is 0 Å². The summed E-state index contributed by atoms with van der Waals surface area (Å²) in [5.74, 6) is 0.868. The van der Waals surface area contributed by atoms with E-state index in [1.54, 1.807) is 23.7 Å². The lowest BCUT2D eigenvalue weighted by molar-refractivity contribution is -0.130. The van der Waals surface area contributed by atoms with Gasteiger partial charge < -0.3 is 9.80 Å². The molecular weight excluding hydrogens is 372 g/mol. The summed E-state index contributed by atoms with van der Waals surface area (Å²) in [6.07, 6.45) is 9.30. The average Bonchev–Trinajstić information content (AvgIpc) is 3.21. The SMILES string of the molecule is O=C(Cc1csc(CCc2ccncc2)n1)N1CCN(c2ncccn2)CC1. The number of carbonyl (C=O) groups excluding carboxylic acids is 1. The molecule has 1 fully saturated rings. The Hall–Kier alpha value is -2.87. The Balaban J connectivity index is 1.26. The monoisotopic (exact) mass is 394 g/mol. The van der Waals surface area contributed by atoms with Gasteiger partial charge in [-0.05, 0) is 30.2 Å². The summed E-state index contributed by atoms with van der Waals surface area (Å²) in [7, 11) is 0. The van der Waals surface area contributed by atoms with E-state index in [2.05, 4.69) is 24.8 Å². The Kier molecular flexibility index (Phi) is 5.86. The Labute approximate surface area is 168 Å². The van der Waals surface area contributed by atoms with Crippen molar-refractivity contribution in [3.05, 3.63) is 64.6 Å². The molecule has 1 saturated heterocycles. The van der Waals surface area contributed by atoms with E-state index in [-0.39, 0.29) is 5.91 Å². The molecule has 0 saturated carbocycles. The van der Waals surface area contributed by atoms with E-state index in [0.29, 0.717) is 19.5 Å². The number of carbonyl (C=O) groups is 1. The van der Waals surface area contributed by atoms with Gasteiger partial charge in [-0.3, -0.25) is 9.78 Å². The molecule has 28 heavy (non-hydrogen) atoms. The molecule has 7 nitrogen and oxygen atoms in total. The number of thiazole rings is 1. The van der Waals surface area contributed by atoms with Crippen molar-refractivity contribution in [2.45, 2.75) is 19.3 Å². The number of amides is 1. The van der Waals surface area contributed by atoms with E-state index < -0.39 is 0 Å². The molecule has 1 amide bonds. The van der Waals surface area contributed by atoms with Crippen LogP contribution in [-0.4, -0.2) is 56.9 Å². The second kappa shape index (κ2) is 8.88. The van der Waals surface area contributed by atoms with Gasteiger partial charge in [0.05, 0.1) is 17.1 Å². The lowest BCUT2D eigenvalue weighted by Gasteiger charge is -2.34. The third-order valence-corrected chi connectivity index (χ3v) is 5.73. The predicted molar refractivity (Wildman–Crippen MR) is 108 cm³/mol. The summed E-state index contributed by atoms with van der Waals surface area (Å²) in [5.41, 5.74) is 2.12. The Bertz CT molecular complexity index is 893. The molecule has 4 heterocycles. The van der Waals surface area contributed by atoms with Crippen molar-refractivity contribution >= 4 is 23.2 Å². The minimum Gasteiger partial charge on any atom is -0.339 e. The summed E-state index contributed by atoms with van der Waals surface area (Å²) in [5, 5.41) is 3.08. The molecular formula is C20H22N6OS. The largest absolute Gasteiger partial charge is 0.339 e. The molecule has 0 aromatic carbocycles. The number of rotatable bonds is 6. The molecule has 1 aliphatic rings. The van der Waals surface area contributed by atoms with Crippen molar-refractivity contribution in [3.63, 3.8) is 0 Å². The first-order chi connectivity index (χ1) is 13.8. The zero-order valence-corrected chi connectivity index (χ0v) is 16.4. The van der Waals surface area contributed by atoms with Crippen LogP contribution in [0.2, 0.25) is 0 Å². The van der Waals surface area contributed by atoms with Gasteiger partial charge in [-0.15, -0.1) is 11.3 Å². The lowest BCUT2D eigenvalue weighted by atomic mass is 10.1. The zero-order chi connectivity index (χ0) is 19.2. The van der Waals surface area contributed by atoms with E-state index in [1.165, 1.54) is 5.56 Å². The highest BCUT2D eigenvalue weighted by molar-refractivity contribution is 7.09. The van der Waals surface area contributed by atoms with Gasteiger partial charge in [-0.2, -0.15) is 0 Å². The standard InChI is InChI=1S/C20H22N6OS/c27-19(25-10-12-26(13-11-25)20-22-6-1-7-23-20)14-17-15-28-18(24-17)3-2-16-4-8-21-9-5-16/h1,4-9,15H,2-3,10-14H2. The molecule has 0 aliphatic carbocycles. The van der Waals surface area contributed by atoms with Crippen LogP contribution in [0, 0.1) is 0 Å². The van der Waals surface area contributed by atoms with Gasteiger partial charge in [0.25, 0.3) is 0 Å². The number of hydrogen-bond acceptors (Lipinski definition) is 7. The highest BCUT2D eigenvalue weighted by Gasteiger charge is 2.23. The summed E-state index contributed by atoms with van der Waals surface area (Å²) >= 11 is 1.63. The Morgan fingerprint density at radius 1 is 1.00 bits per heavy atom. The van der Waals surface area contributed by atoms with E-state index in [9.17, 15) is 4.79 Å². The molecule has 8 heteroatoms. The third kappa shape index (κ3) is 4.69. The van der Waals surface area contributed by atoms with Gasteiger partial charge in [0.15, 0.2) is 0 Å². The van der Waals surface area contributed by atoms with Crippen LogP contribution in [-0.2, 0) is 24.1 Å².